The number of ether oxygens (including phenoxy) is 1. The first-order chi connectivity index (χ1) is 9.27. The number of nitrogens with zero attached hydrogens (tertiary/aromatic N) is 2. The lowest BCUT2D eigenvalue weighted by Gasteiger charge is -2.23. The van der Waals surface area contributed by atoms with Crippen LogP contribution in [0.3, 0.4) is 0 Å². The first kappa shape index (κ1) is 16.3. The molecule has 1 aromatic carbocycles. The summed E-state index contributed by atoms with van der Waals surface area (Å²) >= 11 is 0. The Balaban J connectivity index is 2.80. The average molecular weight is 288 g/mol. The van der Waals surface area contributed by atoms with Crippen molar-refractivity contribution in [1.82, 2.24) is 4.90 Å². The van der Waals surface area contributed by atoms with Gasteiger partial charge in [0.2, 0.25) is 0 Å². The maximum absolute atomic E-state index is 12.3. The minimum atomic E-state index is -4.65. The summed E-state index contributed by atoms with van der Waals surface area (Å²) in [4.78, 5) is 1.32. The number of hydrogen-bond donors (Lipinski definition) is 1. The Morgan fingerprint density at radius 3 is 2.60 bits per heavy atom. The Bertz CT molecular complexity index is 497. The monoisotopic (exact) mass is 288 g/mol. The smallest absolute Gasteiger partial charge is 0.415 e. The zero-order valence-corrected chi connectivity index (χ0v) is 11.1. The van der Waals surface area contributed by atoms with Gasteiger partial charge in [0.15, 0.2) is 6.10 Å². The van der Waals surface area contributed by atoms with Crippen LogP contribution in [0.4, 0.5) is 13.2 Å². The van der Waals surface area contributed by atoms with Gasteiger partial charge in [-0.2, -0.15) is 18.4 Å². The molecule has 1 atom stereocenters. The molecular formula is C13H15F3N2O2. The second-order valence-electron chi connectivity index (χ2n) is 4.39. The lowest BCUT2D eigenvalue weighted by Crippen LogP contribution is -2.39. The van der Waals surface area contributed by atoms with Crippen molar-refractivity contribution in [3.8, 4) is 11.8 Å². The summed E-state index contributed by atoms with van der Waals surface area (Å²) in [5.74, 6) is 0.484. The fourth-order valence-electron chi connectivity index (χ4n) is 1.73. The lowest BCUT2D eigenvalue weighted by atomic mass is 10.1. The van der Waals surface area contributed by atoms with Crippen LogP contribution in [-0.4, -0.2) is 43.0 Å². The molecule has 0 bridgehead atoms. The fourth-order valence-corrected chi connectivity index (χ4v) is 1.73. The van der Waals surface area contributed by atoms with Gasteiger partial charge in [0.05, 0.1) is 18.7 Å². The predicted molar refractivity (Wildman–Crippen MR) is 66.1 cm³/mol. The highest BCUT2D eigenvalue weighted by Gasteiger charge is 2.38. The Morgan fingerprint density at radius 2 is 2.10 bits per heavy atom. The summed E-state index contributed by atoms with van der Waals surface area (Å²) in [6.45, 7) is -0.421. The van der Waals surface area contributed by atoms with Crippen molar-refractivity contribution in [1.29, 1.82) is 5.26 Å². The summed E-state index contributed by atoms with van der Waals surface area (Å²) in [6, 6.07) is 6.65. The molecule has 0 saturated heterocycles. The minimum Gasteiger partial charge on any atom is -0.496 e. The van der Waals surface area contributed by atoms with Crippen molar-refractivity contribution in [3.05, 3.63) is 29.3 Å². The normalized spacial score (nSPS) is 13.1. The van der Waals surface area contributed by atoms with E-state index >= 15 is 0 Å². The fraction of sp³-hybridized carbons (Fsp3) is 0.462. The minimum absolute atomic E-state index is 0.131. The second-order valence-corrected chi connectivity index (χ2v) is 4.39. The van der Waals surface area contributed by atoms with Crippen LogP contribution < -0.4 is 4.74 Å². The molecule has 0 aliphatic rings. The average Bonchev–Trinajstić information content (AvgIpc) is 2.37. The van der Waals surface area contributed by atoms with E-state index in [0.717, 1.165) is 0 Å². The number of methoxy groups -OCH3 is 1. The molecule has 0 spiro atoms. The molecule has 1 rings (SSSR count). The highest BCUT2D eigenvalue weighted by molar-refractivity contribution is 5.42. The van der Waals surface area contributed by atoms with Gasteiger partial charge >= 0.3 is 6.18 Å². The number of aliphatic hydroxyl groups excluding tert-OH is 1. The molecule has 0 fully saturated rings. The molecule has 0 aromatic heterocycles. The number of nitriles is 1. The molecule has 110 valence electrons. The van der Waals surface area contributed by atoms with Crippen LogP contribution in [0.1, 0.15) is 11.1 Å². The quantitative estimate of drug-likeness (QED) is 0.899. The van der Waals surface area contributed by atoms with Crippen LogP contribution in [0.5, 0.6) is 5.75 Å². The van der Waals surface area contributed by atoms with E-state index in [2.05, 4.69) is 0 Å². The number of benzene rings is 1. The largest absolute Gasteiger partial charge is 0.496 e. The molecule has 1 N–H and O–H groups in total. The van der Waals surface area contributed by atoms with Crippen LogP contribution in [0.25, 0.3) is 0 Å². The van der Waals surface area contributed by atoms with E-state index in [1.165, 1.54) is 19.1 Å². The van der Waals surface area contributed by atoms with Crippen LogP contribution in [0.15, 0.2) is 18.2 Å². The van der Waals surface area contributed by atoms with Crippen molar-refractivity contribution >= 4 is 0 Å². The molecule has 7 heteroatoms. The van der Waals surface area contributed by atoms with E-state index in [1.54, 1.807) is 18.2 Å². The summed E-state index contributed by atoms with van der Waals surface area (Å²) in [7, 11) is 2.89. The van der Waals surface area contributed by atoms with Crippen LogP contribution in [0.2, 0.25) is 0 Å². The van der Waals surface area contributed by atoms with Gasteiger partial charge in [0.1, 0.15) is 5.75 Å². The Kier molecular flexibility index (Phi) is 5.36. The number of alkyl halides is 3. The van der Waals surface area contributed by atoms with Gasteiger partial charge in [-0.15, -0.1) is 0 Å². The van der Waals surface area contributed by atoms with Gasteiger partial charge in [0.25, 0.3) is 0 Å². The van der Waals surface area contributed by atoms with Gasteiger partial charge in [0, 0.05) is 18.7 Å². The molecule has 0 aliphatic carbocycles. The molecule has 20 heavy (non-hydrogen) atoms. The van der Waals surface area contributed by atoms with Gasteiger partial charge in [-0.05, 0) is 25.2 Å². The maximum Gasteiger partial charge on any atom is 0.415 e. The van der Waals surface area contributed by atoms with E-state index in [0.29, 0.717) is 16.9 Å². The molecular weight excluding hydrogens is 273 g/mol. The summed E-state index contributed by atoms with van der Waals surface area (Å²) in [5.41, 5.74) is 0.981. The van der Waals surface area contributed by atoms with Crippen LogP contribution >= 0.6 is 0 Å². The third kappa shape index (κ3) is 4.40. The Hall–Kier alpha value is -1.78. The molecule has 0 heterocycles. The topological polar surface area (TPSA) is 56.5 Å². The molecule has 0 amide bonds. The first-order valence-electron chi connectivity index (χ1n) is 5.78. The molecule has 1 aromatic rings. The Morgan fingerprint density at radius 1 is 1.45 bits per heavy atom. The van der Waals surface area contributed by atoms with E-state index in [9.17, 15) is 13.2 Å². The number of halogens is 3. The summed E-state index contributed by atoms with van der Waals surface area (Å²) < 4.78 is 41.9. The summed E-state index contributed by atoms with van der Waals surface area (Å²) in [5, 5.41) is 17.8. The highest BCUT2D eigenvalue weighted by atomic mass is 19.4. The number of aliphatic hydroxyl groups is 1. The first-order valence-corrected chi connectivity index (χ1v) is 5.78. The molecule has 0 saturated carbocycles. The van der Waals surface area contributed by atoms with Crippen molar-refractivity contribution in [3.63, 3.8) is 0 Å². The van der Waals surface area contributed by atoms with E-state index < -0.39 is 18.8 Å². The highest BCUT2D eigenvalue weighted by Crippen LogP contribution is 2.23. The SMILES string of the molecule is COc1ccc(C#N)cc1CN(C)CC(O)C(F)(F)F. The Labute approximate surface area is 115 Å². The second kappa shape index (κ2) is 6.59. The van der Waals surface area contributed by atoms with E-state index in [1.807, 2.05) is 6.07 Å². The van der Waals surface area contributed by atoms with Gasteiger partial charge in [-0.1, -0.05) is 0 Å². The number of hydrogen-bond acceptors (Lipinski definition) is 4. The van der Waals surface area contributed by atoms with Gasteiger partial charge in [-0.25, -0.2) is 0 Å². The molecule has 4 nitrogen and oxygen atoms in total. The standard InChI is InChI=1S/C13H15F3N2O2/c1-18(8-12(19)13(14,15)16)7-10-5-9(6-17)3-4-11(10)20-2/h3-5,12,19H,7-8H2,1-2H3. The van der Waals surface area contributed by atoms with Crippen molar-refractivity contribution < 1.29 is 23.0 Å². The van der Waals surface area contributed by atoms with E-state index in [-0.39, 0.29) is 6.54 Å². The lowest BCUT2D eigenvalue weighted by molar-refractivity contribution is -0.207. The molecule has 0 aliphatic heterocycles. The summed E-state index contributed by atoms with van der Waals surface area (Å²) in [6.07, 6.45) is -7.05. The van der Waals surface area contributed by atoms with Crippen LogP contribution in [-0.2, 0) is 6.54 Å². The third-order valence-electron chi connectivity index (χ3n) is 2.71. The van der Waals surface area contributed by atoms with Gasteiger partial charge in [-0.3, -0.25) is 4.90 Å². The van der Waals surface area contributed by atoms with Crippen molar-refractivity contribution in [2.24, 2.45) is 0 Å². The van der Waals surface area contributed by atoms with E-state index in [4.69, 9.17) is 15.1 Å². The third-order valence-corrected chi connectivity index (χ3v) is 2.71. The number of rotatable bonds is 5. The van der Waals surface area contributed by atoms with Gasteiger partial charge < -0.3 is 9.84 Å². The van der Waals surface area contributed by atoms with Crippen molar-refractivity contribution in [2.75, 3.05) is 20.7 Å². The van der Waals surface area contributed by atoms with Crippen LogP contribution in [0, 0.1) is 11.3 Å². The number of likely N-dealkylation sites (N-methyl/N-ethyl adjacent to an activating group) is 1. The zero-order chi connectivity index (χ0) is 15.3. The predicted octanol–water partition coefficient (Wildman–Crippen LogP) is 1.92. The van der Waals surface area contributed by atoms with Crippen molar-refractivity contribution in [2.45, 2.75) is 18.8 Å². The maximum atomic E-state index is 12.3. The zero-order valence-electron chi connectivity index (χ0n) is 11.1. The molecule has 0 radical (unpaired) electrons. The molecule has 1 unspecified atom stereocenters.